The lowest BCUT2D eigenvalue weighted by molar-refractivity contribution is 0.0952. The van der Waals surface area contributed by atoms with E-state index < -0.39 is 21.2 Å². The minimum Gasteiger partial charge on any atom is -0.380 e. The number of carbonyl (C=O) groups is 1. The minimum absolute atomic E-state index is 0.139. The predicted molar refractivity (Wildman–Crippen MR) is 81.2 cm³/mol. The summed E-state index contributed by atoms with van der Waals surface area (Å²) in [7, 11) is -3.71. The summed E-state index contributed by atoms with van der Waals surface area (Å²) >= 11 is 0. The molecule has 0 aromatic carbocycles. The second kappa shape index (κ2) is 5.96. The van der Waals surface area contributed by atoms with Gasteiger partial charge in [0.1, 0.15) is 5.25 Å². The van der Waals surface area contributed by atoms with Crippen molar-refractivity contribution in [2.45, 2.75) is 43.8 Å². The average Bonchev–Trinajstić information content (AvgIpc) is 3.32. The van der Waals surface area contributed by atoms with Crippen molar-refractivity contribution in [2.24, 2.45) is 0 Å². The normalized spacial score (nSPS) is 22.3. The number of hydrogen-bond donors (Lipinski definition) is 1. The zero-order chi connectivity index (χ0) is 15.7. The molecular weight excluding hydrogens is 304 g/mol. The number of nitrogens with zero attached hydrogens (tertiary/aromatic N) is 1. The fraction of sp³-hybridized carbons (Fsp3) is 0.600. The van der Waals surface area contributed by atoms with Crippen molar-refractivity contribution in [2.75, 3.05) is 13.2 Å². The molecule has 1 aliphatic heterocycles. The molecule has 1 aliphatic carbocycles. The van der Waals surface area contributed by atoms with Crippen LogP contribution in [0.5, 0.6) is 0 Å². The lowest BCUT2D eigenvalue weighted by Crippen LogP contribution is -2.42. The molecule has 1 saturated heterocycles. The number of carbonyl (C=O) groups excluding carboxylic acids is 1. The summed E-state index contributed by atoms with van der Waals surface area (Å²) in [5.41, 5.74) is 1.86. The van der Waals surface area contributed by atoms with E-state index in [0.717, 1.165) is 18.5 Å². The van der Waals surface area contributed by atoms with Gasteiger partial charge in [-0.05, 0) is 44.7 Å². The second-order valence-corrected chi connectivity index (χ2v) is 7.92. The van der Waals surface area contributed by atoms with Gasteiger partial charge in [-0.2, -0.15) is 0 Å². The number of amides is 1. The van der Waals surface area contributed by atoms with E-state index in [-0.39, 0.29) is 6.61 Å². The summed E-state index contributed by atoms with van der Waals surface area (Å²) < 4.78 is 31.8. The van der Waals surface area contributed by atoms with E-state index in [0.29, 0.717) is 36.6 Å². The zero-order valence-corrected chi connectivity index (χ0v) is 13.4. The summed E-state index contributed by atoms with van der Waals surface area (Å²) in [6.07, 6.45) is 3.47. The Labute approximate surface area is 130 Å². The number of rotatable bonds is 4. The van der Waals surface area contributed by atoms with Gasteiger partial charge in [0.25, 0.3) is 5.91 Å². The largest absolute Gasteiger partial charge is 0.380 e. The molecule has 1 N–H and O–H groups in total. The SMILES string of the molecule is Cc1nc(C2CC2)ccc1C(=O)NS(=O)(=O)C1CCCOC1. The van der Waals surface area contributed by atoms with Gasteiger partial charge < -0.3 is 4.74 Å². The van der Waals surface area contributed by atoms with Crippen LogP contribution in [-0.2, 0) is 14.8 Å². The van der Waals surface area contributed by atoms with E-state index >= 15 is 0 Å². The van der Waals surface area contributed by atoms with E-state index in [1.165, 1.54) is 0 Å². The van der Waals surface area contributed by atoms with Gasteiger partial charge >= 0.3 is 0 Å². The van der Waals surface area contributed by atoms with Gasteiger partial charge in [0, 0.05) is 18.2 Å². The third-order valence-electron chi connectivity index (χ3n) is 4.14. The van der Waals surface area contributed by atoms with Crippen molar-refractivity contribution in [3.8, 4) is 0 Å². The molecule has 1 saturated carbocycles. The van der Waals surface area contributed by atoms with Crippen LogP contribution in [0.3, 0.4) is 0 Å². The molecule has 1 aromatic rings. The first kappa shape index (κ1) is 15.4. The molecule has 1 aromatic heterocycles. The van der Waals surface area contributed by atoms with Crippen molar-refractivity contribution >= 4 is 15.9 Å². The van der Waals surface area contributed by atoms with Crippen molar-refractivity contribution < 1.29 is 17.9 Å². The molecule has 120 valence electrons. The van der Waals surface area contributed by atoms with Crippen molar-refractivity contribution in [3.63, 3.8) is 0 Å². The van der Waals surface area contributed by atoms with Crippen LogP contribution in [-0.4, -0.2) is 37.8 Å². The van der Waals surface area contributed by atoms with Gasteiger partial charge in [0.2, 0.25) is 10.0 Å². The highest BCUT2D eigenvalue weighted by Crippen LogP contribution is 2.39. The van der Waals surface area contributed by atoms with E-state index in [4.69, 9.17) is 4.74 Å². The monoisotopic (exact) mass is 324 g/mol. The Morgan fingerprint density at radius 2 is 2.09 bits per heavy atom. The highest BCUT2D eigenvalue weighted by molar-refractivity contribution is 7.90. The second-order valence-electron chi connectivity index (χ2n) is 5.96. The lowest BCUT2D eigenvalue weighted by Gasteiger charge is -2.22. The van der Waals surface area contributed by atoms with Gasteiger partial charge in [-0.25, -0.2) is 13.1 Å². The highest BCUT2D eigenvalue weighted by Gasteiger charge is 2.31. The average molecular weight is 324 g/mol. The molecule has 2 heterocycles. The van der Waals surface area contributed by atoms with Crippen LogP contribution in [0.4, 0.5) is 0 Å². The topological polar surface area (TPSA) is 85.4 Å². The minimum atomic E-state index is -3.71. The quantitative estimate of drug-likeness (QED) is 0.907. The molecule has 0 radical (unpaired) electrons. The van der Waals surface area contributed by atoms with E-state index in [1.807, 2.05) is 6.07 Å². The fourth-order valence-electron chi connectivity index (χ4n) is 2.65. The van der Waals surface area contributed by atoms with Gasteiger partial charge in [0.15, 0.2) is 0 Å². The Kier molecular flexibility index (Phi) is 4.18. The van der Waals surface area contributed by atoms with Crippen LogP contribution in [0.2, 0.25) is 0 Å². The van der Waals surface area contributed by atoms with Crippen LogP contribution in [0.1, 0.15) is 53.3 Å². The Morgan fingerprint density at radius 1 is 1.32 bits per heavy atom. The Hall–Kier alpha value is -1.47. The zero-order valence-electron chi connectivity index (χ0n) is 12.5. The van der Waals surface area contributed by atoms with Crippen LogP contribution in [0, 0.1) is 6.92 Å². The Balaban J connectivity index is 1.73. The molecule has 1 atom stereocenters. The summed E-state index contributed by atoms with van der Waals surface area (Å²) in [6.45, 7) is 2.45. The van der Waals surface area contributed by atoms with E-state index in [1.54, 1.807) is 13.0 Å². The van der Waals surface area contributed by atoms with Gasteiger partial charge in [0.05, 0.1) is 17.9 Å². The first-order valence-corrected chi connectivity index (χ1v) is 9.13. The van der Waals surface area contributed by atoms with Crippen LogP contribution in [0.25, 0.3) is 0 Å². The van der Waals surface area contributed by atoms with Crippen molar-refractivity contribution in [1.29, 1.82) is 0 Å². The third kappa shape index (κ3) is 3.30. The summed E-state index contributed by atoms with van der Waals surface area (Å²) in [5.74, 6) is -0.114. The predicted octanol–water partition coefficient (Wildman–Crippen LogP) is 1.51. The van der Waals surface area contributed by atoms with Crippen LogP contribution >= 0.6 is 0 Å². The Morgan fingerprint density at radius 3 is 2.68 bits per heavy atom. The molecule has 1 unspecified atom stereocenters. The van der Waals surface area contributed by atoms with E-state index in [2.05, 4.69) is 9.71 Å². The van der Waals surface area contributed by atoms with Crippen LogP contribution in [0.15, 0.2) is 12.1 Å². The molecule has 2 fully saturated rings. The van der Waals surface area contributed by atoms with E-state index in [9.17, 15) is 13.2 Å². The third-order valence-corrected chi connectivity index (χ3v) is 5.86. The molecule has 22 heavy (non-hydrogen) atoms. The molecule has 6 nitrogen and oxygen atoms in total. The first-order valence-electron chi connectivity index (χ1n) is 7.58. The molecule has 1 amide bonds. The first-order chi connectivity index (χ1) is 10.5. The summed E-state index contributed by atoms with van der Waals surface area (Å²) in [6, 6.07) is 3.48. The number of hydrogen-bond acceptors (Lipinski definition) is 5. The molecule has 7 heteroatoms. The number of sulfonamides is 1. The maximum Gasteiger partial charge on any atom is 0.266 e. The Bertz CT molecular complexity index is 677. The standard InChI is InChI=1S/C15H20N2O4S/c1-10-13(6-7-14(16-10)11-4-5-11)15(18)17-22(19,20)12-3-2-8-21-9-12/h6-7,11-12H,2-5,8-9H2,1H3,(H,17,18). The number of nitrogens with one attached hydrogen (secondary N) is 1. The number of aryl methyl sites for hydroxylation is 1. The summed E-state index contributed by atoms with van der Waals surface area (Å²) in [5, 5.41) is -0.663. The highest BCUT2D eigenvalue weighted by atomic mass is 32.2. The molecule has 2 aliphatic rings. The van der Waals surface area contributed by atoms with Crippen molar-refractivity contribution in [1.82, 2.24) is 9.71 Å². The maximum atomic E-state index is 12.2. The van der Waals surface area contributed by atoms with Gasteiger partial charge in [-0.1, -0.05) is 0 Å². The molecule has 0 bridgehead atoms. The van der Waals surface area contributed by atoms with Crippen molar-refractivity contribution in [3.05, 3.63) is 29.1 Å². The molecular formula is C15H20N2O4S. The van der Waals surface area contributed by atoms with Gasteiger partial charge in [-0.15, -0.1) is 0 Å². The fourth-order valence-corrected chi connectivity index (χ4v) is 3.94. The number of ether oxygens (including phenoxy) is 1. The van der Waals surface area contributed by atoms with Gasteiger partial charge in [-0.3, -0.25) is 9.78 Å². The molecule has 3 rings (SSSR count). The lowest BCUT2D eigenvalue weighted by atomic mass is 10.1. The maximum absolute atomic E-state index is 12.2. The number of aromatic nitrogens is 1. The molecule has 0 spiro atoms. The summed E-state index contributed by atoms with van der Waals surface area (Å²) in [4.78, 5) is 16.7. The van der Waals surface area contributed by atoms with Crippen LogP contribution < -0.4 is 4.72 Å². The number of pyridine rings is 1. The smallest absolute Gasteiger partial charge is 0.266 e.